The van der Waals surface area contributed by atoms with Gasteiger partial charge in [0.15, 0.2) is 11.5 Å². The fraction of sp³-hybridized carbons (Fsp3) is 0.357. The van der Waals surface area contributed by atoms with Crippen molar-refractivity contribution in [1.82, 2.24) is 24.9 Å². The lowest BCUT2D eigenvalue weighted by Crippen LogP contribution is -2.44. The Hall–Kier alpha value is -1.99. The molecule has 0 unspecified atom stereocenters. The van der Waals surface area contributed by atoms with Gasteiger partial charge in [-0.25, -0.2) is 14.4 Å². The highest BCUT2D eigenvalue weighted by atomic mass is 35.5. The molecule has 6 nitrogen and oxygen atoms in total. The lowest BCUT2D eigenvalue weighted by atomic mass is 10.2. The zero-order valence-electron chi connectivity index (χ0n) is 12.0. The summed E-state index contributed by atoms with van der Waals surface area (Å²) in [5, 5.41) is 8.60. The molecule has 0 radical (unpaired) electrons. The summed E-state index contributed by atoms with van der Waals surface area (Å²) < 4.78 is 16.0. The van der Waals surface area contributed by atoms with Crippen LogP contribution >= 0.6 is 11.6 Å². The van der Waals surface area contributed by atoms with Crippen LogP contribution in [-0.2, 0) is 0 Å². The SMILES string of the molecule is Cc1nc2c3cc(Cl)cc(F)c3nc(N3CCNCC3)n2n1. The number of anilines is 1. The van der Waals surface area contributed by atoms with Crippen molar-refractivity contribution in [3.63, 3.8) is 0 Å². The molecule has 114 valence electrons. The van der Waals surface area contributed by atoms with Gasteiger partial charge in [0, 0.05) is 36.6 Å². The van der Waals surface area contributed by atoms with Crippen LogP contribution in [0.2, 0.25) is 5.02 Å². The van der Waals surface area contributed by atoms with Crippen LogP contribution in [0, 0.1) is 12.7 Å². The van der Waals surface area contributed by atoms with Gasteiger partial charge in [0.1, 0.15) is 11.3 Å². The third-order valence-electron chi connectivity index (χ3n) is 3.78. The van der Waals surface area contributed by atoms with Gasteiger partial charge in [0.25, 0.3) is 0 Å². The molecule has 0 aliphatic carbocycles. The average Bonchev–Trinajstić information content (AvgIpc) is 2.89. The number of aromatic nitrogens is 4. The maximum atomic E-state index is 14.3. The number of halogens is 2. The first kappa shape index (κ1) is 13.7. The van der Waals surface area contributed by atoms with E-state index in [0.29, 0.717) is 27.8 Å². The molecule has 1 aromatic carbocycles. The van der Waals surface area contributed by atoms with Gasteiger partial charge in [-0.1, -0.05) is 11.6 Å². The topological polar surface area (TPSA) is 58.4 Å². The molecular weight excluding hydrogens is 307 g/mol. The van der Waals surface area contributed by atoms with Crippen LogP contribution in [0.5, 0.6) is 0 Å². The number of rotatable bonds is 1. The van der Waals surface area contributed by atoms with Gasteiger partial charge >= 0.3 is 0 Å². The van der Waals surface area contributed by atoms with E-state index < -0.39 is 5.82 Å². The maximum absolute atomic E-state index is 14.3. The molecule has 1 fully saturated rings. The number of nitrogens with zero attached hydrogens (tertiary/aromatic N) is 5. The number of fused-ring (bicyclic) bond motifs is 3. The molecule has 8 heteroatoms. The third-order valence-corrected chi connectivity index (χ3v) is 4.00. The Morgan fingerprint density at radius 1 is 1.23 bits per heavy atom. The highest BCUT2D eigenvalue weighted by Gasteiger charge is 2.20. The highest BCUT2D eigenvalue weighted by molar-refractivity contribution is 6.31. The van der Waals surface area contributed by atoms with Crippen molar-refractivity contribution < 1.29 is 4.39 Å². The molecule has 0 atom stereocenters. The molecule has 0 bridgehead atoms. The lowest BCUT2D eigenvalue weighted by Gasteiger charge is -2.28. The predicted octanol–water partition coefficient (Wildman–Crippen LogP) is 1.79. The number of benzene rings is 1. The second-order valence-electron chi connectivity index (χ2n) is 5.33. The number of hydrogen-bond donors (Lipinski definition) is 1. The normalized spacial score (nSPS) is 15.9. The molecule has 4 rings (SSSR count). The summed E-state index contributed by atoms with van der Waals surface area (Å²) in [5.41, 5.74) is 0.857. The summed E-state index contributed by atoms with van der Waals surface area (Å²) in [7, 11) is 0. The zero-order valence-corrected chi connectivity index (χ0v) is 12.7. The standard InChI is InChI=1S/C14H14ClFN6/c1-8-18-13-10-6-9(15)7-11(16)12(10)19-14(22(13)20-8)21-4-2-17-3-5-21/h6-7,17H,2-5H2,1H3. The predicted molar refractivity (Wildman–Crippen MR) is 83.1 cm³/mol. The number of piperazine rings is 1. The first-order valence-electron chi connectivity index (χ1n) is 7.11. The van der Waals surface area contributed by atoms with Crippen LogP contribution < -0.4 is 10.2 Å². The summed E-state index contributed by atoms with van der Waals surface area (Å²) in [6, 6.07) is 2.95. The minimum Gasteiger partial charge on any atom is -0.338 e. The fourth-order valence-electron chi connectivity index (χ4n) is 2.80. The van der Waals surface area contributed by atoms with E-state index in [1.165, 1.54) is 6.07 Å². The number of aryl methyl sites for hydroxylation is 1. The second-order valence-corrected chi connectivity index (χ2v) is 5.76. The van der Waals surface area contributed by atoms with Crippen molar-refractivity contribution in [2.45, 2.75) is 6.92 Å². The van der Waals surface area contributed by atoms with Crippen LogP contribution in [0.15, 0.2) is 12.1 Å². The molecule has 0 saturated carbocycles. The van der Waals surface area contributed by atoms with Gasteiger partial charge in [-0.05, 0) is 19.1 Å². The van der Waals surface area contributed by atoms with Crippen molar-refractivity contribution in [3.8, 4) is 0 Å². The van der Waals surface area contributed by atoms with Crippen molar-refractivity contribution in [1.29, 1.82) is 0 Å². The summed E-state index contributed by atoms with van der Waals surface area (Å²) in [6.45, 7) is 5.11. The molecule has 1 N–H and O–H groups in total. The van der Waals surface area contributed by atoms with E-state index in [-0.39, 0.29) is 5.52 Å². The van der Waals surface area contributed by atoms with Crippen molar-refractivity contribution in [3.05, 3.63) is 28.8 Å². The van der Waals surface area contributed by atoms with Gasteiger partial charge < -0.3 is 10.2 Å². The molecular formula is C14H14ClFN6. The third kappa shape index (κ3) is 2.08. The quantitative estimate of drug-likeness (QED) is 0.741. The first-order valence-corrected chi connectivity index (χ1v) is 7.49. The molecule has 22 heavy (non-hydrogen) atoms. The molecule has 3 heterocycles. The van der Waals surface area contributed by atoms with Gasteiger partial charge in [-0.3, -0.25) is 0 Å². The molecule has 1 saturated heterocycles. The van der Waals surface area contributed by atoms with E-state index in [4.69, 9.17) is 11.6 Å². The van der Waals surface area contributed by atoms with Gasteiger partial charge in [-0.2, -0.15) is 4.52 Å². The highest BCUT2D eigenvalue weighted by Crippen LogP contribution is 2.27. The van der Waals surface area contributed by atoms with E-state index >= 15 is 0 Å². The van der Waals surface area contributed by atoms with Gasteiger partial charge in [0.05, 0.1) is 0 Å². The minimum atomic E-state index is -0.443. The van der Waals surface area contributed by atoms with Crippen LogP contribution in [0.3, 0.4) is 0 Å². The van der Waals surface area contributed by atoms with Crippen molar-refractivity contribution in [2.75, 3.05) is 31.1 Å². The van der Waals surface area contributed by atoms with Crippen LogP contribution in [0.4, 0.5) is 10.3 Å². The first-order chi connectivity index (χ1) is 10.6. The van der Waals surface area contributed by atoms with Crippen LogP contribution in [0.1, 0.15) is 5.82 Å². The van der Waals surface area contributed by atoms with E-state index in [1.54, 1.807) is 17.5 Å². The average molecular weight is 321 g/mol. The summed E-state index contributed by atoms with van der Waals surface area (Å²) in [4.78, 5) is 11.0. The molecule has 3 aromatic rings. The number of nitrogens with one attached hydrogen (secondary N) is 1. The zero-order chi connectivity index (χ0) is 15.3. The Labute approximate surface area is 130 Å². The molecule has 2 aromatic heterocycles. The second kappa shape index (κ2) is 5.03. The van der Waals surface area contributed by atoms with Crippen molar-refractivity contribution in [2.24, 2.45) is 0 Å². The largest absolute Gasteiger partial charge is 0.338 e. The Morgan fingerprint density at radius 2 is 2.00 bits per heavy atom. The smallest absolute Gasteiger partial charge is 0.229 e. The fourth-order valence-corrected chi connectivity index (χ4v) is 3.00. The lowest BCUT2D eigenvalue weighted by molar-refractivity contribution is 0.574. The van der Waals surface area contributed by atoms with E-state index in [2.05, 4.69) is 25.3 Å². The maximum Gasteiger partial charge on any atom is 0.229 e. The molecule has 1 aliphatic rings. The van der Waals surface area contributed by atoms with Gasteiger partial charge in [0.2, 0.25) is 5.95 Å². The number of hydrogen-bond acceptors (Lipinski definition) is 5. The van der Waals surface area contributed by atoms with Crippen molar-refractivity contribution >= 4 is 34.1 Å². The van der Waals surface area contributed by atoms with Crippen LogP contribution in [0.25, 0.3) is 16.6 Å². The van der Waals surface area contributed by atoms with Crippen LogP contribution in [-0.4, -0.2) is 45.8 Å². The monoisotopic (exact) mass is 320 g/mol. The van der Waals surface area contributed by atoms with E-state index in [1.807, 2.05) is 0 Å². The summed E-state index contributed by atoms with van der Waals surface area (Å²) >= 11 is 5.98. The summed E-state index contributed by atoms with van der Waals surface area (Å²) in [5.74, 6) is 0.791. The molecule has 1 aliphatic heterocycles. The molecule has 0 spiro atoms. The summed E-state index contributed by atoms with van der Waals surface area (Å²) in [6.07, 6.45) is 0. The minimum absolute atomic E-state index is 0.276. The van der Waals surface area contributed by atoms with E-state index in [9.17, 15) is 4.39 Å². The Morgan fingerprint density at radius 3 is 2.77 bits per heavy atom. The Balaban J connectivity index is 2.06. The Bertz CT molecular complexity index is 871. The molecule has 0 amide bonds. The van der Waals surface area contributed by atoms with E-state index in [0.717, 1.165) is 26.2 Å². The Kier molecular flexibility index (Phi) is 3.12. The van der Waals surface area contributed by atoms with Gasteiger partial charge in [-0.15, -0.1) is 5.10 Å².